The van der Waals surface area contributed by atoms with E-state index < -0.39 is 0 Å². The van der Waals surface area contributed by atoms with Crippen LogP contribution in [0.1, 0.15) is 42.7 Å². The number of hydrogen-bond donors (Lipinski definition) is 0. The van der Waals surface area contributed by atoms with Crippen LogP contribution in [0.2, 0.25) is 0 Å². The van der Waals surface area contributed by atoms with E-state index in [4.69, 9.17) is 9.47 Å². The second kappa shape index (κ2) is 4.73. The molecule has 0 N–H and O–H groups in total. The van der Waals surface area contributed by atoms with Gasteiger partial charge in [-0.2, -0.15) is 0 Å². The highest BCUT2D eigenvalue weighted by atomic mass is 16.7. The maximum atomic E-state index is 5.14. The fourth-order valence-corrected chi connectivity index (χ4v) is 1.88. The second-order valence-electron chi connectivity index (χ2n) is 3.95. The topological polar surface area (TPSA) is 31.4 Å². The fraction of sp³-hybridized carbons (Fsp3) is 0.583. The van der Waals surface area contributed by atoms with Gasteiger partial charge in [0.2, 0.25) is 6.29 Å². The third kappa shape index (κ3) is 2.19. The van der Waals surface area contributed by atoms with E-state index in [0.717, 1.165) is 11.6 Å². The molecule has 1 aromatic heterocycles. The van der Waals surface area contributed by atoms with Gasteiger partial charge in [-0.1, -0.05) is 12.5 Å². The fourth-order valence-electron chi connectivity index (χ4n) is 1.88. The van der Waals surface area contributed by atoms with Gasteiger partial charge < -0.3 is 9.47 Å². The van der Waals surface area contributed by atoms with Crippen molar-refractivity contribution in [2.75, 3.05) is 14.2 Å². The number of aromatic nitrogens is 1. The molecule has 3 nitrogen and oxygen atoms in total. The number of hydrogen-bond acceptors (Lipinski definition) is 3. The van der Waals surface area contributed by atoms with Crippen molar-refractivity contribution in [1.82, 2.24) is 4.98 Å². The minimum absolute atomic E-state index is 0.347. The van der Waals surface area contributed by atoms with Crippen molar-refractivity contribution in [2.45, 2.75) is 31.5 Å². The van der Waals surface area contributed by atoms with Gasteiger partial charge in [-0.05, 0) is 30.4 Å². The van der Waals surface area contributed by atoms with Gasteiger partial charge in [0.05, 0.1) is 5.69 Å². The molecule has 0 aromatic carbocycles. The third-order valence-electron chi connectivity index (χ3n) is 3.06. The molecule has 0 radical (unpaired) electrons. The predicted octanol–water partition coefficient (Wildman–Crippen LogP) is 2.64. The summed E-state index contributed by atoms with van der Waals surface area (Å²) >= 11 is 0. The van der Waals surface area contributed by atoms with Crippen LogP contribution in [0.15, 0.2) is 18.3 Å². The van der Waals surface area contributed by atoms with E-state index in [1.54, 1.807) is 14.2 Å². The van der Waals surface area contributed by atoms with Gasteiger partial charge in [0, 0.05) is 20.4 Å². The van der Waals surface area contributed by atoms with Crippen LogP contribution < -0.4 is 0 Å². The van der Waals surface area contributed by atoms with Crippen molar-refractivity contribution in [3.8, 4) is 0 Å². The molecule has 0 unspecified atom stereocenters. The first-order valence-corrected chi connectivity index (χ1v) is 5.36. The Morgan fingerprint density at radius 3 is 2.40 bits per heavy atom. The minimum atomic E-state index is -0.347. The molecule has 2 rings (SSSR count). The molecule has 0 aliphatic heterocycles. The molecule has 0 spiro atoms. The van der Waals surface area contributed by atoms with Crippen molar-refractivity contribution >= 4 is 0 Å². The van der Waals surface area contributed by atoms with Crippen molar-refractivity contribution in [2.24, 2.45) is 0 Å². The minimum Gasteiger partial charge on any atom is -0.350 e. The molecular weight excluding hydrogens is 190 g/mol. The van der Waals surface area contributed by atoms with Crippen molar-refractivity contribution in [3.05, 3.63) is 29.6 Å². The van der Waals surface area contributed by atoms with Crippen LogP contribution in [-0.2, 0) is 9.47 Å². The smallest absolute Gasteiger partial charge is 0.200 e. The van der Waals surface area contributed by atoms with Crippen LogP contribution in [-0.4, -0.2) is 19.2 Å². The lowest BCUT2D eigenvalue weighted by Crippen LogP contribution is -2.11. The van der Waals surface area contributed by atoms with Gasteiger partial charge >= 0.3 is 0 Å². The zero-order valence-electron chi connectivity index (χ0n) is 9.27. The van der Waals surface area contributed by atoms with E-state index in [1.165, 1.54) is 24.8 Å². The molecule has 1 aliphatic carbocycles. The molecule has 15 heavy (non-hydrogen) atoms. The summed E-state index contributed by atoms with van der Waals surface area (Å²) in [6, 6.07) is 4.13. The molecular formula is C12H17NO2. The van der Waals surface area contributed by atoms with E-state index in [2.05, 4.69) is 11.1 Å². The number of pyridine rings is 1. The Morgan fingerprint density at radius 2 is 2.00 bits per heavy atom. The zero-order chi connectivity index (χ0) is 10.7. The zero-order valence-corrected chi connectivity index (χ0v) is 9.27. The standard InChI is InChI=1S/C12H17NO2/c1-14-12(15-2)11-7-6-10(8-13-11)9-4-3-5-9/h6-9,12H,3-5H2,1-2H3. The number of rotatable bonds is 4. The Balaban J connectivity index is 2.08. The maximum Gasteiger partial charge on any atom is 0.200 e. The molecule has 3 heteroatoms. The molecule has 0 atom stereocenters. The van der Waals surface area contributed by atoms with Crippen LogP contribution in [0.5, 0.6) is 0 Å². The van der Waals surface area contributed by atoms with Gasteiger partial charge in [0.15, 0.2) is 0 Å². The van der Waals surface area contributed by atoms with E-state index in [-0.39, 0.29) is 6.29 Å². The Morgan fingerprint density at radius 1 is 1.27 bits per heavy atom. The third-order valence-corrected chi connectivity index (χ3v) is 3.06. The van der Waals surface area contributed by atoms with Gasteiger partial charge in [-0.25, -0.2) is 0 Å². The van der Waals surface area contributed by atoms with E-state index in [1.807, 2.05) is 12.3 Å². The molecule has 1 aliphatic rings. The maximum absolute atomic E-state index is 5.14. The first-order chi connectivity index (χ1) is 7.35. The Hall–Kier alpha value is -0.930. The Labute approximate surface area is 90.4 Å². The summed E-state index contributed by atoms with van der Waals surface area (Å²) in [5.41, 5.74) is 2.18. The summed E-state index contributed by atoms with van der Waals surface area (Å²) in [4.78, 5) is 4.37. The van der Waals surface area contributed by atoms with Crippen LogP contribution in [0.25, 0.3) is 0 Å². The molecule has 0 amide bonds. The second-order valence-corrected chi connectivity index (χ2v) is 3.95. The molecule has 0 bridgehead atoms. The molecule has 1 aromatic rings. The number of methoxy groups -OCH3 is 2. The average Bonchev–Trinajstić information content (AvgIpc) is 2.20. The first-order valence-electron chi connectivity index (χ1n) is 5.36. The van der Waals surface area contributed by atoms with Gasteiger partial charge in [0.1, 0.15) is 0 Å². The predicted molar refractivity (Wildman–Crippen MR) is 57.6 cm³/mol. The Kier molecular flexibility index (Phi) is 3.34. The summed E-state index contributed by atoms with van der Waals surface area (Å²) in [6.07, 6.45) is 5.56. The molecule has 1 heterocycles. The molecule has 1 saturated carbocycles. The Bertz CT molecular complexity index is 302. The van der Waals surface area contributed by atoms with Crippen LogP contribution in [0, 0.1) is 0 Å². The van der Waals surface area contributed by atoms with Crippen LogP contribution in [0.4, 0.5) is 0 Å². The van der Waals surface area contributed by atoms with E-state index in [0.29, 0.717) is 0 Å². The SMILES string of the molecule is COC(OC)c1ccc(C2CCC2)cn1. The van der Waals surface area contributed by atoms with Gasteiger partial charge in [-0.3, -0.25) is 4.98 Å². The van der Waals surface area contributed by atoms with Gasteiger partial charge in [0.25, 0.3) is 0 Å². The lowest BCUT2D eigenvalue weighted by atomic mass is 9.81. The summed E-state index contributed by atoms with van der Waals surface area (Å²) in [6.45, 7) is 0. The summed E-state index contributed by atoms with van der Waals surface area (Å²) in [7, 11) is 3.24. The first kappa shape index (κ1) is 10.6. The van der Waals surface area contributed by atoms with Crippen molar-refractivity contribution < 1.29 is 9.47 Å². The lowest BCUT2D eigenvalue weighted by Gasteiger charge is -2.25. The van der Waals surface area contributed by atoms with Crippen molar-refractivity contribution in [1.29, 1.82) is 0 Å². The van der Waals surface area contributed by atoms with E-state index in [9.17, 15) is 0 Å². The number of nitrogens with zero attached hydrogens (tertiary/aromatic N) is 1. The van der Waals surface area contributed by atoms with Crippen molar-refractivity contribution in [3.63, 3.8) is 0 Å². The molecule has 82 valence electrons. The quantitative estimate of drug-likeness (QED) is 0.711. The monoisotopic (exact) mass is 207 g/mol. The summed E-state index contributed by atoms with van der Waals surface area (Å²) in [5.74, 6) is 0.732. The van der Waals surface area contributed by atoms with Gasteiger partial charge in [-0.15, -0.1) is 0 Å². The average molecular weight is 207 g/mol. The summed E-state index contributed by atoms with van der Waals surface area (Å²) in [5, 5.41) is 0. The highest BCUT2D eigenvalue weighted by Crippen LogP contribution is 2.36. The van der Waals surface area contributed by atoms with E-state index >= 15 is 0 Å². The molecule has 0 saturated heterocycles. The molecule has 1 fully saturated rings. The highest BCUT2D eigenvalue weighted by molar-refractivity contribution is 5.20. The lowest BCUT2D eigenvalue weighted by molar-refractivity contribution is -0.108. The van der Waals surface area contributed by atoms with Crippen LogP contribution in [0.3, 0.4) is 0 Å². The van der Waals surface area contributed by atoms with Crippen LogP contribution >= 0.6 is 0 Å². The normalized spacial score (nSPS) is 16.7. The number of ether oxygens (including phenoxy) is 2. The summed E-state index contributed by atoms with van der Waals surface area (Å²) < 4.78 is 10.3. The highest BCUT2D eigenvalue weighted by Gasteiger charge is 2.20. The largest absolute Gasteiger partial charge is 0.350 e.